The van der Waals surface area contributed by atoms with Crippen LogP contribution in [-0.4, -0.2) is 44.8 Å². The summed E-state index contributed by atoms with van der Waals surface area (Å²) in [5, 5.41) is 2.90. The molecule has 7 nitrogen and oxygen atoms in total. The molecule has 0 aromatic heterocycles. The van der Waals surface area contributed by atoms with E-state index in [0.29, 0.717) is 5.02 Å². The van der Waals surface area contributed by atoms with E-state index in [9.17, 15) is 18.0 Å². The molecule has 2 amide bonds. The van der Waals surface area contributed by atoms with Crippen molar-refractivity contribution in [1.29, 1.82) is 0 Å². The summed E-state index contributed by atoms with van der Waals surface area (Å²) in [5.74, 6) is -0.879. The van der Waals surface area contributed by atoms with Crippen molar-refractivity contribution in [1.82, 2.24) is 10.2 Å². The molecule has 0 aliphatic rings. The lowest BCUT2D eigenvalue weighted by molar-refractivity contribution is -0.139. The van der Waals surface area contributed by atoms with Gasteiger partial charge in [0.25, 0.3) is 10.0 Å². The fourth-order valence-corrected chi connectivity index (χ4v) is 5.25. The van der Waals surface area contributed by atoms with Crippen LogP contribution in [0, 0.1) is 6.92 Å². The molecule has 1 N–H and O–H groups in total. The Morgan fingerprint density at radius 1 is 0.971 bits per heavy atom. The molecule has 0 heterocycles. The minimum Gasteiger partial charge on any atom is -0.357 e. The van der Waals surface area contributed by atoms with Gasteiger partial charge in [-0.2, -0.15) is 0 Å². The smallest absolute Gasteiger partial charge is 0.264 e. The van der Waals surface area contributed by atoms with E-state index in [-0.39, 0.29) is 23.0 Å². The first-order valence-electron chi connectivity index (χ1n) is 11.0. The molecule has 184 valence electrons. The highest BCUT2D eigenvalue weighted by atomic mass is 35.5. The highest BCUT2D eigenvalue weighted by Crippen LogP contribution is 2.27. The maximum atomic E-state index is 13.7. The van der Waals surface area contributed by atoms with Gasteiger partial charge < -0.3 is 10.2 Å². The quantitative estimate of drug-likeness (QED) is 0.468. The standard InChI is InChI=1S/C26H28ClN3O4S/c1-19-10-7-8-11-21(19)17-29(20(2)26(32)28-3)25(31)18-30(23-13-9-12-22(27)16-23)35(33,34)24-14-5-4-6-15-24/h4-16,20H,17-18H2,1-3H3,(H,28,32). The van der Waals surface area contributed by atoms with E-state index in [1.54, 1.807) is 43.3 Å². The van der Waals surface area contributed by atoms with Gasteiger partial charge in [0, 0.05) is 18.6 Å². The Hall–Kier alpha value is -3.36. The van der Waals surface area contributed by atoms with Gasteiger partial charge in [-0.05, 0) is 55.3 Å². The second-order valence-corrected chi connectivity index (χ2v) is 10.3. The normalized spacial score (nSPS) is 12.0. The average molecular weight is 514 g/mol. The molecule has 1 atom stereocenters. The van der Waals surface area contributed by atoms with Crippen LogP contribution in [0.15, 0.2) is 83.8 Å². The highest BCUT2D eigenvalue weighted by Gasteiger charge is 2.32. The van der Waals surface area contributed by atoms with Gasteiger partial charge in [0.05, 0.1) is 10.6 Å². The van der Waals surface area contributed by atoms with Crippen molar-refractivity contribution in [2.24, 2.45) is 0 Å². The van der Waals surface area contributed by atoms with Gasteiger partial charge in [-0.15, -0.1) is 0 Å². The number of nitrogens with zero attached hydrogens (tertiary/aromatic N) is 2. The number of likely N-dealkylation sites (N-methyl/N-ethyl adjacent to an activating group) is 1. The zero-order valence-electron chi connectivity index (χ0n) is 19.8. The van der Waals surface area contributed by atoms with E-state index < -0.39 is 28.5 Å². The Kier molecular flexibility index (Phi) is 8.53. The molecule has 3 rings (SSSR count). The van der Waals surface area contributed by atoms with Gasteiger partial charge in [-0.3, -0.25) is 13.9 Å². The fourth-order valence-electron chi connectivity index (χ4n) is 3.64. The van der Waals surface area contributed by atoms with Crippen molar-refractivity contribution in [2.45, 2.75) is 31.3 Å². The predicted octanol–water partition coefficient (Wildman–Crippen LogP) is 4.01. The van der Waals surface area contributed by atoms with Gasteiger partial charge in [-0.1, -0.05) is 60.1 Å². The molecule has 1 unspecified atom stereocenters. The molecule has 0 fully saturated rings. The fraction of sp³-hybridized carbons (Fsp3) is 0.231. The molecule has 0 aliphatic carbocycles. The summed E-state index contributed by atoms with van der Waals surface area (Å²) in [5.41, 5.74) is 2.06. The second-order valence-electron chi connectivity index (χ2n) is 8.04. The van der Waals surface area contributed by atoms with Crippen LogP contribution < -0.4 is 9.62 Å². The number of amides is 2. The predicted molar refractivity (Wildman–Crippen MR) is 138 cm³/mol. The summed E-state index contributed by atoms with van der Waals surface area (Å²) in [6, 6.07) is 20.9. The molecule has 35 heavy (non-hydrogen) atoms. The number of rotatable bonds is 9. The molecule has 3 aromatic carbocycles. The zero-order chi connectivity index (χ0) is 25.6. The molecule has 0 saturated carbocycles. The van der Waals surface area contributed by atoms with Gasteiger partial charge in [-0.25, -0.2) is 8.42 Å². The number of aryl methyl sites for hydroxylation is 1. The van der Waals surface area contributed by atoms with E-state index >= 15 is 0 Å². The molecule has 0 aliphatic heterocycles. The summed E-state index contributed by atoms with van der Waals surface area (Å²) >= 11 is 6.15. The first-order valence-corrected chi connectivity index (χ1v) is 12.9. The summed E-state index contributed by atoms with van der Waals surface area (Å²) < 4.78 is 28.2. The lowest BCUT2D eigenvalue weighted by atomic mass is 10.1. The second kappa shape index (κ2) is 11.4. The number of carbonyl (C=O) groups is 2. The van der Waals surface area contributed by atoms with Gasteiger partial charge in [0.1, 0.15) is 12.6 Å². The number of hydrogen-bond acceptors (Lipinski definition) is 4. The Balaban J connectivity index is 2.04. The number of halogens is 1. The van der Waals surface area contributed by atoms with Crippen molar-refractivity contribution in [3.63, 3.8) is 0 Å². The number of carbonyl (C=O) groups excluding carboxylic acids is 2. The van der Waals surface area contributed by atoms with Crippen molar-refractivity contribution < 1.29 is 18.0 Å². The van der Waals surface area contributed by atoms with E-state index in [4.69, 9.17) is 11.6 Å². The Morgan fingerprint density at radius 3 is 2.26 bits per heavy atom. The number of hydrogen-bond donors (Lipinski definition) is 1. The summed E-state index contributed by atoms with van der Waals surface area (Å²) in [6.07, 6.45) is 0. The van der Waals surface area contributed by atoms with Crippen molar-refractivity contribution in [3.8, 4) is 0 Å². The topological polar surface area (TPSA) is 86.8 Å². The maximum absolute atomic E-state index is 13.7. The van der Waals surface area contributed by atoms with Gasteiger partial charge in [0.2, 0.25) is 11.8 Å². The lowest BCUT2D eigenvalue weighted by Gasteiger charge is -2.32. The lowest BCUT2D eigenvalue weighted by Crippen LogP contribution is -2.50. The summed E-state index contributed by atoms with van der Waals surface area (Å²) in [6.45, 7) is 3.17. The van der Waals surface area contributed by atoms with Crippen LogP contribution in [0.4, 0.5) is 5.69 Å². The third kappa shape index (κ3) is 6.21. The van der Waals surface area contributed by atoms with E-state index in [0.717, 1.165) is 15.4 Å². The Bertz CT molecular complexity index is 1300. The number of sulfonamides is 1. The van der Waals surface area contributed by atoms with Crippen LogP contribution in [0.5, 0.6) is 0 Å². The number of nitrogens with one attached hydrogen (secondary N) is 1. The maximum Gasteiger partial charge on any atom is 0.264 e. The monoisotopic (exact) mass is 513 g/mol. The molecule has 9 heteroatoms. The van der Waals surface area contributed by atoms with Crippen LogP contribution in [0.3, 0.4) is 0 Å². The number of anilines is 1. The Morgan fingerprint density at radius 2 is 1.63 bits per heavy atom. The van der Waals surface area contributed by atoms with Gasteiger partial charge >= 0.3 is 0 Å². The van der Waals surface area contributed by atoms with Crippen molar-refractivity contribution >= 4 is 39.1 Å². The molecular formula is C26H28ClN3O4S. The van der Waals surface area contributed by atoms with Crippen LogP contribution in [0.2, 0.25) is 5.02 Å². The summed E-state index contributed by atoms with van der Waals surface area (Å²) in [7, 11) is -2.61. The number of benzene rings is 3. The first kappa shape index (κ1) is 26.2. The van der Waals surface area contributed by atoms with E-state index in [2.05, 4.69) is 5.32 Å². The van der Waals surface area contributed by atoms with Crippen LogP contribution >= 0.6 is 11.6 Å². The van der Waals surface area contributed by atoms with E-state index in [1.807, 2.05) is 31.2 Å². The average Bonchev–Trinajstić information content (AvgIpc) is 2.86. The van der Waals surface area contributed by atoms with Crippen LogP contribution in [0.25, 0.3) is 0 Å². The summed E-state index contributed by atoms with van der Waals surface area (Å²) in [4.78, 5) is 27.6. The molecule has 3 aromatic rings. The van der Waals surface area contributed by atoms with Crippen molar-refractivity contribution in [2.75, 3.05) is 17.9 Å². The Labute approximate surface area is 211 Å². The largest absolute Gasteiger partial charge is 0.357 e. The third-order valence-corrected chi connectivity index (χ3v) is 7.75. The molecule has 0 radical (unpaired) electrons. The molecule has 0 saturated heterocycles. The molecule has 0 spiro atoms. The molecular weight excluding hydrogens is 486 g/mol. The molecule has 0 bridgehead atoms. The highest BCUT2D eigenvalue weighted by molar-refractivity contribution is 7.92. The van der Waals surface area contributed by atoms with E-state index in [1.165, 1.54) is 30.1 Å². The first-order chi connectivity index (χ1) is 16.6. The SMILES string of the molecule is CNC(=O)C(C)N(Cc1ccccc1C)C(=O)CN(c1cccc(Cl)c1)S(=O)(=O)c1ccccc1. The zero-order valence-corrected chi connectivity index (χ0v) is 21.4. The van der Waals surface area contributed by atoms with Gasteiger partial charge in [0.15, 0.2) is 0 Å². The third-order valence-electron chi connectivity index (χ3n) is 5.72. The minimum atomic E-state index is -4.11. The van der Waals surface area contributed by atoms with Crippen molar-refractivity contribution in [3.05, 3.63) is 95.0 Å². The van der Waals surface area contributed by atoms with Crippen LogP contribution in [-0.2, 0) is 26.2 Å². The minimum absolute atomic E-state index is 0.0394. The van der Waals surface area contributed by atoms with Crippen LogP contribution in [0.1, 0.15) is 18.1 Å².